The number of aliphatic carboxylic acids is 1. The third-order valence-corrected chi connectivity index (χ3v) is 4.92. The van der Waals surface area contributed by atoms with E-state index in [1.54, 1.807) is 13.8 Å². The van der Waals surface area contributed by atoms with E-state index >= 15 is 0 Å². The van der Waals surface area contributed by atoms with Crippen molar-refractivity contribution >= 4 is 27.4 Å². The molecule has 1 unspecified atom stereocenters. The van der Waals surface area contributed by atoms with Gasteiger partial charge >= 0.3 is 5.97 Å². The largest absolute Gasteiger partial charge is 0.480 e. The fourth-order valence-corrected chi connectivity index (χ4v) is 3.46. The zero-order valence-corrected chi connectivity index (χ0v) is 11.0. The Labute approximate surface area is 105 Å². The first-order valence-electron chi connectivity index (χ1n) is 4.99. The molecule has 0 amide bonds. The highest BCUT2D eigenvalue weighted by atomic mass is 35.5. The van der Waals surface area contributed by atoms with Crippen molar-refractivity contribution in [3.8, 4) is 0 Å². The van der Waals surface area contributed by atoms with Gasteiger partial charge in [-0.3, -0.25) is 4.79 Å². The second kappa shape index (κ2) is 5.06. The topological polar surface area (TPSA) is 71.4 Å². The van der Waals surface area contributed by atoms with Gasteiger partial charge in [-0.15, -0.1) is 0 Å². The minimum absolute atomic E-state index is 0.0250. The molecule has 1 atom stereocenters. The summed E-state index contributed by atoms with van der Waals surface area (Å²) in [6.07, 6.45) is 0. The summed E-state index contributed by atoms with van der Waals surface area (Å²) in [5.74, 6) is -1.84. The third-order valence-electron chi connectivity index (χ3n) is 2.33. The summed E-state index contributed by atoms with van der Waals surface area (Å²) < 4.78 is 24.2. The van der Waals surface area contributed by atoms with Crippen molar-refractivity contribution in [3.63, 3.8) is 0 Å². The van der Waals surface area contributed by atoms with Gasteiger partial charge in [-0.2, -0.15) is 0 Å². The number of rotatable bonds is 4. The van der Waals surface area contributed by atoms with Gasteiger partial charge in [-0.1, -0.05) is 25.4 Å². The van der Waals surface area contributed by atoms with E-state index in [2.05, 4.69) is 0 Å². The lowest BCUT2D eigenvalue weighted by molar-refractivity contribution is -0.137. The highest BCUT2D eigenvalue weighted by molar-refractivity contribution is 7.92. The van der Waals surface area contributed by atoms with Crippen LogP contribution in [0.2, 0.25) is 5.02 Å². The van der Waals surface area contributed by atoms with Crippen molar-refractivity contribution in [2.24, 2.45) is 5.92 Å². The average molecular weight is 277 g/mol. The molecule has 0 aromatic heterocycles. The molecule has 0 saturated heterocycles. The maximum absolute atomic E-state index is 12.1. The molecule has 1 N–H and O–H groups in total. The molecule has 0 saturated carbocycles. The molecule has 0 radical (unpaired) electrons. The molecule has 0 aliphatic rings. The van der Waals surface area contributed by atoms with Crippen LogP contribution < -0.4 is 0 Å². The van der Waals surface area contributed by atoms with Crippen LogP contribution in [0.1, 0.15) is 13.8 Å². The molecule has 0 bridgehead atoms. The molecule has 0 spiro atoms. The predicted octanol–water partition coefficient (Wildman–Crippen LogP) is 2.22. The number of carboxylic acids is 1. The summed E-state index contributed by atoms with van der Waals surface area (Å²) >= 11 is 5.66. The molecule has 6 heteroatoms. The SMILES string of the molecule is CC(C)C(C(=O)O)S(=O)(=O)c1ccc(Cl)cc1. The Morgan fingerprint density at radius 2 is 1.71 bits per heavy atom. The average Bonchev–Trinajstić information content (AvgIpc) is 2.16. The van der Waals surface area contributed by atoms with E-state index in [9.17, 15) is 13.2 Å². The number of sulfone groups is 1. The number of hydrogen-bond acceptors (Lipinski definition) is 3. The monoisotopic (exact) mass is 276 g/mol. The maximum atomic E-state index is 12.1. The Hall–Kier alpha value is -1.07. The van der Waals surface area contributed by atoms with Crippen molar-refractivity contribution < 1.29 is 18.3 Å². The number of hydrogen-bond donors (Lipinski definition) is 1. The minimum atomic E-state index is -3.87. The van der Waals surface area contributed by atoms with Crippen LogP contribution in [0.3, 0.4) is 0 Å². The highest BCUT2D eigenvalue weighted by Gasteiger charge is 2.36. The van der Waals surface area contributed by atoms with Gasteiger partial charge < -0.3 is 5.11 Å². The fraction of sp³-hybridized carbons (Fsp3) is 0.364. The summed E-state index contributed by atoms with van der Waals surface area (Å²) in [4.78, 5) is 11.0. The second-order valence-electron chi connectivity index (χ2n) is 4.00. The van der Waals surface area contributed by atoms with Crippen LogP contribution in [-0.2, 0) is 14.6 Å². The van der Waals surface area contributed by atoms with Gasteiger partial charge in [0.1, 0.15) is 0 Å². The molecule has 0 aliphatic heterocycles. The van der Waals surface area contributed by atoms with Crippen LogP contribution in [0, 0.1) is 5.92 Å². The van der Waals surface area contributed by atoms with Gasteiger partial charge in [-0.25, -0.2) is 8.42 Å². The van der Waals surface area contributed by atoms with Crippen molar-refractivity contribution in [2.75, 3.05) is 0 Å². The van der Waals surface area contributed by atoms with Gasteiger partial charge in [0.15, 0.2) is 15.1 Å². The first kappa shape index (κ1) is 14.0. The van der Waals surface area contributed by atoms with Crippen LogP contribution in [0.25, 0.3) is 0 Å². The summed E-state index contributed by atoms with van der Waals surface area (Å²) in [5, 5.41) is 7.95. The minimum Gasteiger partial charge on any atom is -0.480 e. The van der Waals surface area contributed by atoms with Gasteiger partial charge in [0, 0.05) is 5.02 Å². The lowest BCUT2D eigenvalue weighted by atomic mass is 10.1. The number of benzene rings is 1. The number of carbonyl (C=O) groups is 1. The Morgan fingerprint density at radius 1 is 1.24 bits per heavy atom. The van der Waals surface area contributed by atoms with E-state index < -0.39 is 27.0 Å². The third kappa shape index (κ3) is 2.98. The van der Waals surface area contributed by atoms with Gasteiger partial charge in [0.05, 0.1) is 4.90 Å². The molecule has 0 aliphatic carbocycles. The molecule has 94 valence electrons. The van der Waals surface area contributed by atoms with Gasteiger partial charge in [-0.05, 0) is 30.2 Å². The fourth-order valence-electron chi connectivity index (χ4n) is 1.55. The number of halogens is 1. The van der Waals surface area contributed by atoms with Crippen molar-refractivity contribution in [1.29, 1.82) is 0 Å². The van der Waals surface area contributed by atoms with Crippen LogP contribution in [0.15, 0.2) is 29.2 Å². The molecule has 1 rings (SSSR count). The first-order valence-corrected chi connectivity index (χ1v) is 6.91. The van der Waals surface area contributed by atoms with Crippen molar-refractivity contribution in [3.05, 3.63) is 29.3 Å². The van der Waals surface area contributed by atoms with Crippen LogP contribution in [0.4, 0.5) is 0 Å². The lowest BCUT2D eigenvalue weighted by Gasteiger charge is -2.16. The molecular weight excluding hydrogens is 264 g/mol. The Kier molecular flexibility index (Phi) is 4.16. The molecular formula is C11H13ClO4S. The van der Waals surface area contributed by atoms with E-state index in [1.165, 1.54) is 24.3 Å². The van der Waals surface area contributed by atoms with Crippen molar-refractivity contribution in [1.82, 2.24) is 0 Å². The lowest BCUT2D eigenvalue weighted by Crippen LogP contribution is -2.34. The summed E-state index contributed by atoms with van der Waals surface area (Å²) in [6, 6.07) is 5.48. The van der Waals surface area contributed by atoms with Crippen LogP contribution >= 0.6 is 11.6 Å². The van der Waals surface area contributed by atoms with E-state index in [0.29, 0.717) is 5.02 Å². The summed E-state index contributed by atoms with van der Waals surface area (Å²) in [5.41, 5.74) is 0. The predicted molar refractivity (Wildman–Crippen MR) is 64.9 cm³/mol. The summed E-state index contributed by atoms with van der Waals surface area (Å²) in [7, 11) is -3.87. The Bertz CT molecular complexity index is 505. The molecule has 0 fully saturated rings. The standard InChI is InChI=1S/C11H13ClO4S/c1-7(2)10(11(13)14)17(15,16)9-5-3-8(12)4-6-9/h3-7,10H,1-2H3,(H,13,14). The smallest absolute Gasteiger partial charge is 0.322 e. The van der Waals surface area contributed by atoms with E-state index in [-0.39, 0.29) is 4.90 Å². The van der Waals surface area contributed by atoms with Crippen LogP contribution in [-0.4, -0.2) is 24.7 Å². The van der Waals surface area contributed by atoms with Gasteiger partial charge in [0.25, 0.3) is 0 Å². The van der Waals surface area contributed by atoms with Gasteiger partial charge in [0.2, 0.25) is 0 Å². The van der Waals surface area contributed by atoms with E-state index in [0.717, 1.165) is 0 Å². The zero-order chi connectivity index (χ0) is 13.2. The van der Waals surface area contributed by atoms with Crippen molar-refractivity contribution in [2.45, 2.75) is 24.0 Å². The highest BCUT2D eigenvalue weighted by Crippen LogP contribution is 2.23. The number of carboxylic acid groups (broad SMARTS) is 1. The first-order chi connectivity index (χ1) is 7.76. The molecule has 1 aromatic rings. The quantitative estimate of drug-likeness (QED) is 0.915. The van der Waals surface area contributed by atoms with E-state index in [1.807, 2.05) is 0 Å². The molecule has 0 heterocycles. The zero-order valence-electron chi connectivity index (χ0n) is 9.42. The van der Waals surface area contributed by atoms with Crippen LogP contribution in [0.5, 0.6) is 0 Å². The summed E-state index contributed by atoms with van der Waals surface area (Å²) in [6.45, 7) is 3.12. The maximum Gasteiger partial charge on any atom is 0.322 e. The Morgan fingerprint density at radius 3 is 2.06 bits per heavy atom. The molecule has 4 nitrogen and oxygen atoms in total. The second-order valence-corrected chi connectivity index (χ2v) is 6.51. The van der Waals surface area contributed by atoms with E-state index in [4.69, 9.17) is 16.7 Å². The Balaban J connectivity index is 3.26. The molecule has 17 heavy (non-hydrogen) atoms. The normalized spacial score (nSPS) is 13.6. The molecule has 1 aromatic carbocycles.